The molecule has 1 saturated heterocycles. The molecule has 1 aromatic heterocycles. The van der Waals surface area contributed by atoms with Crippen LogP contribution >= 0.6 is 0 Å². The smallest absolute Gasteiger partial charge is 0.363 e. The molecule has 0 radical (unpaired) electrons. The maximum absolute atomic E-state index is 10.6. The number of anilines is 1. The monoisotopic (exact) mass is 266 g/mol. The van der Waals surface area contributed by atoms with Crippen LogP contribution in [0.15, 0.2) is 18.3 Å². The fourth-order valence-electron chi connectivity index (χ4n) is 2.01. The van der Waals surface area contributed by atoms with Gasteiger partial charge in [-0.15, -0.1) is 0 Å². The second-order valence-corrected chi connectivity index (χ2v) is 5.26. The minimum atomic E-state index is -0.505. The molecule has 2 rings (SSSR count). The first-order chi connectivity index (χ1) is 8.88. The lowest BCUT2D eigenvalue weighted by Crippen LogP contribution is -2.56. The van der Waals surface area contributed by atoms with Crippen molar-refractivity contribution in [2.75, 3.05) is 24.6 Å². The molecule has 2 heterocycles. The third kappa shape index (κ3) is 3.18. The third-order valence-corrected chi connectivity index (χ3v) is 3.18. The van der Waals surface area contributed by atoms with Gasteiger partial charge < -0.3 is 25.5 Å². The first kappa shape index (κ1) is 13.7. The summed E-state index contributed by atoms with van der Waals surface area (Å²) < 4.78 is 5.66. The first-order valence-corrected chi connectivity index (χ1v) is 6.14. The van der Waals surface area contributed by atoms with E-state index in [1.165, 1.54) is 12.3 Å². The lowest BCUT2D eigenvalue weighted by atomic mass is 9.97. The topological polar surface area (TPSA) is 94.5 Å². The Hall–Kier alpha value is -1.73. The van der Waals surface area contributed by atoms with Crippen molar-refractivity contribution in [1.82, 2.24) is 4.98 Å². The molecule has 7 nitrogen and oxygen atoms in total. The lowest BCUT2D eigenvalue weighted by molar-refractivity contribution is -0.389. The average molecular weight is 266 g/mol. The number of aromatic nitrogens is 1. The van der Waals surface area contributed by atoms with Gasteiger partial charge in [-0.1, -0.05) is 0 Å². The molecule has 104 valence electrons. The molecule has 1 aliphatic rings. The molecule has 0 saturated carbocycles. The summed E-state index contributed by atoms with van der Waals surface area (Å²) in [5, 5.41) is 10.6. The fourth-order valence-corrected chi connectivity index (χ4v) is 2.01. The van der Waals surface area contributed by atoms with Crippen LogP contribution in [0.4, 0.5) is 11.5 Å². The zero-order valence-electron chi connectivity index (χ0n) is 11.1. The molecule has 0 amide bonds. The number of pyridine rings is 1. The van der Waals surface area contributed by atoms with Crippen molar-refractivity contribution < 1.29 is 9.66 Å². The second kappa shape index (κ2) is 5.10. The van der Waals surface area contributed by atoms with E-state index in [1.807, 2.05) is 13.8 Å². The average Bonchev–Trinajstić information content (AvgIpc) is 2.38. The molecule has 19 heavy (non-hydrogen) atoms. The number of nitro groups is 1. The zero-order valence-corrected chi connectivity index (χ0v) is 11.1. The van der Waals surface area contributed by atoms with Gasteiger partial charge in [0.25, 0.3) is 0 Å². The predicted molar refractivity (Wildman–Crippen MR) is 71.1 cm³/mol. The van der Waals surface area contributed by atoms with Gasteiger partial charge >= 0.3 is 5.82 Å². The summed E-state index contributed by atoms with van der Waals surface area (Å²) in [6, 6.07) is 3.12. The number of hydrogen-bond acceptors (Lipinski definition) is 6. The van der Waals surface area contributed by atoms with E-state index < -0.39 is 10.5 Å². The van der Waals surface area contributed by atoms with Crippen molar-refractivity contribution in [3.8, 4) is 0 Å². The molecule has 1 unspecified atom stereocenters. The van der Waals surface area contributed by atoms with E-state index in [1.54, 1.807) is 6.07 Å². The van der Waals surface area contributed by atoms with E-state index in [2.05, 4.69) is 9.88 Å². The fraction of sp³-hybridized carbons (Fsp3) is 0.583. The number of ether oxygens (including phenoxy) is 1. The van der Waals surface area contributed by atoms with Crippen LogP contribution in [-0.4, -0.2) is 41.2 Å². The van der Waals surface area contributed by atoms with Crippen molar-refractivity contribution in [3.63, 3.8) is 0 Å². The Bertz CT molecular complexity index is 455. The minimum Gasteiger partial charge on any atom is -0.373 e. The van der Waals surface area contributed by atoms with Crippen LogP contribution in [0.2, 0.25) is 0 Å². The van der Waals surface area contributed by atoms with Crippen LogP contribution in [0, 0.1) is 10.1 Å². The van der Waals surface area contributed by atoms with Crippen molar-refractivity contribution in [1.29, 1.82) is 0 Å². The maximum Gasteiger partial charge on any atom is 0.363 e. The van der Waals surface area contributed by atoms with E-state index in [0.29, 0.717) is 13.2 Å². The first-order valence-electron chi connectivity index (χ1n) is 6.14. The van der Waals surface area contributed by atoms with E-state index in [4.69, 9.17) is 10.5 Å². The molecule has 1 fully saturated rings. The second-order valence-electron chi connectivity index (χ2n) is 5.26. The van der Waals surface area contributed by atoms with Gasteiger partial charge in [-0.25, -0.2) is 0 Å². The van der Waals surface area contributed by atoms with Gasteiger partial charge in [-0.2, -0.15) is 0 Å². The molecule has 0 spiro atoms. The molecule has 7 heteroatoms. The Kier molecular flexibility index (Phi) is 3.68. The highest BCUT2D eigenvalue weighted by atomic mass is 16.6. The highest BCUT2D eigenvalue weighted by Crippen LogP contribution is 2.22. The van der Waals surface area contributed by atoms with Gasteiger partial charge in [-0.05, 0) is 29.8 Å². The summed E-state index contributed by atoms with van der Waals surface area (Å²) in [5.41, 5.74) is 6.48. The number of morpholine rings is 1. The van der Waals surface area contributed by atoms with Gasteiger partial charge in [0, 0.05) is 24.7 Å². The van der Waals surface area contributed by atoms with Gasteiger partial charge in [0.1, 0.15) is 0 Å². The van der Waals surface area contributed by atoms with Crippen LogP contribution in [0.1, 0.15) is 13.8 Å². The van der Waals surface area contributed by atoms with Crippen LogP contribution < -0.4 is 10.6 Å². The van der Waals surface area contributed by atoms with E-state index in [9.17, 15) is 10.1 Å². The van der Waals surface area contributed by atoms with Gasteiger partial charge in [-0.3, -0.25) is 0 Å². The summed E-state index contributed by atoms with van der Waals surface area (Å²) in [5.74, 6) is -0.146. The number of nitrogens with two attached hydrogens (primary N) is 1. The molecule has 2 N–H and O–H groups in total. The van der Waals surface area contributed by atoms with E-state index >= 15 is 0 Å². The van der Waals surface area contributed by atoms with Gasteiger partial charge in [0.2, 0.25) is 0 Å². The van der Waals surface area contributed by atoms with Crippen LogP contribution in [0.25, 0.3) is 0 Å². The molecular weight excluding hydrogens is 248 g/mol. The minimum absolute atomic E-state index is 0.0727. The molecule has 0 aromatic carbocycles. The number of rotatable bonds is 3. The standard InChI is InChI=1S/C12H18N4O3/c1-12(2,13)10-8-15(5-6-19-10)9-3-4-11(14-7-9)16(17)18/h3-4,7,10H,5-6,8,13H2,1-2H3. The molecule has 1 atom stereocenters. The number of nitrogens with zero attached hydrogens (tertiary/aromatic N) is 3. The lowest BCUT2D eigenvalue weighted by Gasteiger charge is -2.39. The quantitative estimate of drug-likeness (QED) is 0.646. The summed E-state index contributed by atoms with van der Waals surface area (Å²) in [7, 11) is 0. The molecule has 0 aliphatic carbocycles. The van der Waals surface area contributed by atoms with Crippen LogP contribution in [0.5, 0.6) is 0 Å². The van der Waals surface area contributed by atoms with Crippen molar-refractivity contribution >= 4 is 11.5 Å². The highest BCUT2D eigenvalue weighted by molar-refractivity contribution is 5.47. The normalized spacial score (nSPS) is 20.4. The molecule has 0 bridgehead atoms. The number of hydrogen-bond donors (Lipinski definition) is 1. The third-order valence-electron chi connectivity index (χ3n) is 3.18. The van der Waals surface area contributed by atoms with Crippen molar-refractivity contribution in [2.24, 2.45) is 5.73 Å². The summed E-state index contributed by atoms with van der Waals surface area (Å²) >= 11 is 0. The Morgan fingerprint density at radius 2 is 2.32 bits per heavy atom. The summed E-state index contributed by atoms with van der Waals surface area (Å²) in [6.07, 6.45) is 1.45. The highest BCUT2D eigenvalue weighted by Gasteiger charge is 2.31. The largest absolute Gasteiger partial charge is 0.373 e. The zero-order chi connectivity index (χ0) is 14.0. The Labute approximate surface area is 111 Å². The van der Waals surface area contributed by atoms with Gasteiger partial charge in [0.05, 0.1) is 18.4 Å². The summed E-state index contributed by atoms with van der Waals surface area (Å²) in [6.45, 7) is 5.82. The molecule has 1 aromatic rings. The van der Waals surface area contributed by atoms with Crippen LogP contribution in [0.3, 0.4) is 0 Å². The Balaban J connectivity index is 2.11. The Morgan fingerprint density at radius 3 is 2.84 bits per heavy atom. The maximum atomic E-state index is 10.6. The van der Waals surface area contributed by atoms with Crippen LogP contribution in [-0.2, 0) is 4.74 Å². The predicted octanol–water partition coefficient (Wildman–Crippen LogP) is 0.932. The molecular formula is C12H18N4O3. The van der Waals surface area contributed by atoms with E-state index in [-0.39, 0.29) is 11.9 Å². The van der Waals surface area contributed by atoms with Crippen molar-refractivity contribution in [3.05, 3.63) is 28.4 Å². The van der Waals surface area contributed by atoms with Crippen molar-refractivity contribution in [2.45, 2.75) is 25.5 Å². The van der Waals surface area contributed by atoms with Gasteiger partial charge in [0.15, 0.2) is 6.20 Å². The molecule has 1 aliphatic heterocycles. The van der Waals surface area contributed by atoms with E-state index in [0.717, 1.165) is 12.2 Å². The summed E-state index contributed by atoms with van der Waals surface area (Å²) in [4.78, 5) is 16.0. The Morgan fingerprint density at radius 1 is 1.58 bits per heavy atom. The SMILES string of the molecule is CC(C)(N)C1CN(c2ccc([N+](=O)[O-])nc2)CCO1.